The lowest BCUT2D eigenvalue weighted by molar-refractivity contribution is 0.00977. The van der Waals surface area contributed by atoms with Crippen LogP contribution in [-0.4, -0.2) is 30.5 Å². The number of hydrogen-bond donors (Lipinski definition) is 0. The first-order valence-corrected chi connectivity index (χ1v) is 11.0. The summed E-state index contributed by atoms with van der Waals surface area (Å²) in [6.07, 6.45) is 19.8. The topological polar surface area (TPSA) is 9.23 Å². The summed E-state index contributed by atoms with van der Waals surface area (Å²) in [7, 11) is 0.697. The molecule has 1 aliphatic rings. The van der Waals surface area contributed by atoms with Crippen molar-refractivity contribution in [3.63, 3.8) is 0 Å². The standard InChI is InChI=1S/C18H37OS/c1-3-4-11-16-20(2)17-12-7-5-6-8-13-18-14-9-10-15-19-18/h18H,3-17H2,1-2H3/q+1. The van der Waals surface area contributed by atoms with Crippen molar-refractivity contribution in [3.05, 3.63) is 0 Å². The van der Waals surface area contributed by atoms with Gasteiger partial charge in [-0.2, -0.15) is 0 Å². The molecule has 0 spiro atoms. The van der Waals surface area contributed by atoms with Crippen LogP contribution in [0.15, 0.2) is 0 Å². The molecule has 1 nitrogen and oxygen atoms in total. The summed E-state index contributed by atoms with van der Waals surface area (Å²) < 4.78 is 5.78. The summed E-state index contributed by atoms with van der Waals surface area (Å²) in [6, 6.07) is 0. The zero-order chi connectivity index (χ0) is 14.5. The molecule has 0 amide bonds. The SMILES string of the molecule is CCCCC[S+](C)CCCCCCCC1CCCCO1. The normalized spacial score (nSPS) is 21.0. The van der Waals surface area contributed by atoms with Gasteiger partial charge in [0.2, 0.25) is 0 Å². The molecule has 0 saturated carbocycles. The Morgan fingerprint density at radius 1 is 0.900 bits per heavy atom. The van der Waals surface area contributed by atoms with Crippen LogP contribution < -0.4 is 0 Å². The summed E-state index contributed by atoms with van der Waals surface area (Å²) in [6.45, 7) is 3.31. The van der Waals surface area contributed by atoms with Gasteiger partial charge in [0.25, 0.3) is 0 Å². The molecule has 120 valence electrons. The van der Waals surface area contributed by atoms with Crippen molar-refractivity contribution in [1.82, 2.24) is 0 Å². The highest BCUT2D eigenvalue weighted by Crippen LogP contribution is 2.18. The lowest BCUT2D eigenvalue weighted by Gasteiger charge is -2.22. The minimum Gasteiger partial charge on any atom is -0.378 e. The van der Waals surface area contributed by atoms with Gasteiger partial charge in [-0.1, -0.05) is 32.6 Å². The van der Waals surface area contributed by atoms with E-state index < -0.39 is 0 Å². The lowest BCUT2D eigenvalue weighted by Crippen LogP contribution is -2.18. The van der Waals surface area contributed by atoms with E-state index in [0.29, 0.717) is 17.0 Å². The quantitative estimate of drug-likeness (QED) is 0.349. The van der Waals surface area contributed by atoms with Crippen LogP contribution in [0.2, 0.25) is 0 Å². The number of ether oxygens (including phenoxy) is 1. The zero-order valence-electron chi connectivity index (χ0n) is 14.0. The Bertz CT molecular complexity index is 202. The molecule has 0 aliphatic carbocycles. The molecule has 0 radical (unpaired) electrons. The molecule has 2 atom stereocenters. The molecule has 2 heteroatoms. The van der Waals surface area contributed by atoms with Gasteiger partial charge in [0.15, 0.2) is 0 Å². The van der Waals surface area contributed by atoms with E-state index in [2.05, 4.69) is 13.2 Å². The molecular formula is C18H37OS+. The minimum absolute atomic E-state index is 0.601. The molecule has 0 aromatic rings. The van der Waals surface area contributed by atoms with Gasteiger partial charge in [-0.05, 0) is 62.3 Å². The third kappa shape index (κ3) is 10.1. The smallest absolute Gasteiger partial charge is 0.107 e. The van der Waals surface area contributed by atoms with Crippen LogP contribution in [0, 0.1) is 0 Å². The Balaban J connectivity index is 1.79. The highest BCUT2D eigenvalue weighted by atomic mass is 32.2. The molecule has 0 N–H and O–H groups in total. The Labute approximate surface area is 130 Å². The first-order valence-electron chi connectivity index (χ1n) is 9.03. The highest BCUT2D eigenvalue weighted by Gasteiger charge is 2.13. The van der Waals surface area contributed by atoms with E-state index in [1.807, 2.05) is 0 Å². The summed E-state index contributed by atoms with van der Waals surface area (Å²) in [4.78, 5) is 0. The second kappa shape index (κ2) is 13.0. The Hall–Kier alpha value is 0.310. The van der Waals surface area contributed by atoms with Gasteiger partial charge in [-0.15, -0.1) is 0 Å². The van der Waals surface area contributed by atoms with Crippen molar-refractivity contribution < 1.29 is 4.74 Å². The van der Waals surface area contributed by atoms with Gasteiger partial charge >= 0.3 is 0 Å². The third-order valence-corrected chi connectivity index (χ3v) is 6.36. The molecule has 1 heterocycles. The highest BCUT2D eigenvalue weighted by molar-refractivity contribution is 7.96. The van der Waals surface area contributed by atoms with Crippen LogP contribution >= 0.6 is 0 Å². The van der Waals surface area contributed by atoms with E-state index in [4.69, 9.17) is 4.74 Å². The first kappa shape index (κ1) is 18.4. The molecule has 0 aromatic carbocycles. The van der Waals surface area contributed by atoms with E-state index >= 15 is 0 Å². The van der Waals surface area contributed by atoms with E-state index in [1.54, 1.807) is 0 Å². The Morgan fingerprint density at radius 3 is 2.30 bits per heavy atom. The van der Waals surface area contributed by atoms with Gasteiger partial charge in [-0.3, -0.25) is 0 Å². The summed E-state index contributed by atoms with van der Waals surface area (Å²) in [5.74, 6) is 2.96. The van der Waals surface area contributed by atoms with E-state index in [9.17, 15) is 0 Å². The number of unbranched alkanes of at least 4 members (excludes halogenated alkanes) is 6. The summed E-state index contributed by atoms with van der Waals surface area (Å²) in [5.41, 5.74) is 0. The average Bonchev–Trinajstić information content (AvgIpc) is 2.47. The van der Waals surface area contributed by atoms with Crippen LogP contribution in [0.1, 0.15) is 84.0 Å². The maximum absolute atomic E-state index is 5.78. The fourth-order valence-corrected chi connectivity index (χ4v) is 4.58. The van der Waals surface area contributed by atoms with Crippen molar-refractivity contribution in [3.8, 4) is 0 Å². The fraction of sp³-hybridized carbons (Fsp3) is 1.00. The molecule has 1 saturated heterocycles. The predicted molar refractivity (Wildman–Crippen MR) is 93.8 cm³/mol. The molecule has 2 unspecified atom stereocenters. The molecule has 1 aliphatic heterocycles. The van der Waals surface area contributed by atoms with Gasteiger partial charge in [0.1, 0.15) is 11.5 Å². The second-order valence-corrected chi connectivity index (χ2v) is 8.82. The first-order chi connectivity index (χ1) is 9.83. The van der Waals surface area contributed by atoms with Crippen molar-refractivity contribution >= 4 is 10.9 Å². The summed E-state index contributed by atoms with van der Waals surface area (Å²) >= 11 is 0. The summed E-state index contributed by atoms with van der Waals surface area (Å²) in [5, 5.41) is 0. The van der Waals surface area contributed by atoms with Crippen molar-refractivity contribution in [1.29, 1.82) is 0 Å². The van der Waals surface area contributed by atoms with Crippen LogP contribution in [0.25, 0.3) is 0 Å². The van der Waals surface area contributed by atoms with Crippen molar-refractivity contribution in [2.75, 3.05) is 24.4 Å². The number of hydrogen-bond acceptors (Lipinski definition) is 1. The van der Waals surface area contributed by atoms with Crippen molar-refractivity contribution in [2.45, 2.75) is 90.1 Å². The minimum atomic E-state index is 0.601. The van der Waals surface area contributed by atoms with Crippen LogP contribution in [0.3, 0.4) is 0 Å². The van der Waals surface area contributed by atoms with Crippen LogP contribution in [0.5, 0.6) is 0 Å². The molecule has 1 rings (SSSR count). The predicted octanol–water partition coefficient (Wildman–Crippen LogP) is 5.33. The molecule has 1 fully saturated rings. The monoisotopic (exact) mass is 301 g/mol. The van der Waals surface area contributed by atoms with Gasteiger partial charge in [0, 0.05) is 6.61 Å². The third-order valence-electron chi connectivity index (χ3n) is 4.39. The van der Waals surface area contributed by atoms with E-state index in [1.165, 1.54) is 88.6 Å². The zero-order valence-corrected chi connectivity index (χ0v) is 14.8. The second-order valence-electron chi connectivity index (χ2n) is 6.44. The van der Waals surface area contributed by atoms with Crippen molar-refractivity contribution in [2.24, 2.45) is 0 Å². The van der Waals surface area contributed by atoms with E-state index in [0.717, 1.165) is 6.61 Å². The maximum Gasteiger partial charge on any atom is 0.107 e. The van der Waals surface area contributed by atoms with Gasteiger partial charge in [0.05, 0.1) is 12.4 Å². The molecule has 0 aromatic heterocycles. The Morgan fingerprint density at radius 2 is 1.60 bits per heavy atom. The lowest BCUT2D eigenvalue weighted by atomic mass is 10.0. The average molecular weight is 302 g/mol. The largest absolute Gasteiger partial charge is 0.378 e. The fourth-order valence-electron chi connectivity index (χ4n) is 2.99. The van der Waals surface area contributed by atoms with E-state index in [-0.39, 0.29) is 0 Å². The maximum atomic E-state index is 5.78. The molecule has 0 bridgehead atoms. The van der Waals surface area contributed by atoms with Crippen LogP contribution in [0.4, 0.5) is 0 Å². The number of rotatable bonds is 12. The molecular weight excluding hydrogens is 264 g/mol. The Kier molecular flexibility index (Phi) is 11.9. The van der Waals surface area contributed by atoms with Crippen LogP contribution in [-0.2, 0) is 15.6 Å². The molecule has 20 heavy (non-hydrogen) atoms. The van der Waals surface area contributed by atoms with Gasteiger partial charge in [-0.25, -0.2) is 0 Å². The van der Waals surface area contributed by atoms with Gasteiger partial charge < -0.3 is 4.74 Å².